The summed E-state index contributed by atoms with van der Waals surface area (Å²) in [6, 6.07) is 0. The fraction of sp³-hybridized carbons (Fsp3) is 0.500. The van der Waals surface area contributed by atoms with E-state index >= 15 is 0 Å². The van der Waals surface area contributed by atoms with Gasteiger partial charge in [-0.05, 0) is 6.92 Å². The minimum Gasteiger partial charge on any atom is -0.388 e. The van der Waals surface area contributed by atoms with Crippen LogP contribution in [0.1, 0.15) is 13.2 Å². The van der Waals surface area contributed by atoms with Gasteiger partial charge in [-0.3, -0.25) is 4.57 Å². The van der Waals surface area contributed by atoms with Crippen molar-refractivity contribution >= 4 is 39.6 Å². The summed E-state index contributed by atoms with van der Waals surface area (Å²) in [5.74, 6) is 0.272. The summed E-state index contributed by atoms with van der Waals surface area (Å²) in [4.78, 5) is 12.4. The number of ether oxygens (including phenoxy) is 1. The van der Waals surface area contributed by atoms with Crippen LogP contribution in [0.15, 0.2) is 6.33 Å². The molecule has 3 heterocycles. The van der Waals surface area contributed by atoms with Crippen LogP contribution in [0.2, 0.25) is 0 Å². The second kappa shape index (κ2) is 4.51. The molecule has 0 bridgehead atoms. The molecule has 4 N–H and O–H groups in total. The first-order valence-electron chi connectivity index (χ1n) is 5.66. The molecule has 102 valence electrons. The van der Waals surface area contributed by atoms with Crippen molar-refractivity contribution in [3.8, 4) is 0 Å². The molecule has 2 aromatic heterocycles. The van der Waals surface area contributed by atoms with E-state index < -0.39 is 24.5 Å². The second-order valence-electron chi connectivity index (χ2n) is 4.41. The lowest BCUT2D eigenvalue weighted by Gasteiger charge is -2.16. The molecule has 0 radical (unpaired) electrons. The SMILES string of the molecule is C[C@H]1O[C@@H](n2cnc3c(N)nc(I)nc32)[C@H](O)[C@@H]1O. The molecule has 0 aliphatic carbocycles. The average molecular weight is 377 g/mol. The summed E-state index contributed by atoms with van der Waals surface area (Å²) < 4.78 is 7.58. The van der Waals surface area contributed by atoms with Gasteiger partial charge in [-0.15, -0.1) is 0 Å². The first kappa shape index (κ1) is 13.0. The van der Waals surface area contributed by atoms with Gasteiger partial charge in [0, 0.05) is 22.6 Å². The third kappa shape index (κ3) is 1.96. The maximum atomic E-state index is 10.00. The van der Waals surface area contributed by atoms with Crippen molar-refractivity contribution < 1.29 is 14.9 Å². The zero-order valence-electron chi connectivity index (χ0n) is 9.93. The fourth-order valence-corrected chi connectivity index (χ4v) is 2.64. The maximum absolute atomic E-state index is 10.00. The number of imidazole rings is 1. The Kier molecular flexibility index (Phi) is 3.08. The smallest absolute Gasteiger partial charge is 0.194 e. The number of aromatic nitrogens is 4. The van der Waals surface area contributed by atoms with Crippen molar-refractivity contribution in [1.82, 2.24) is 19.5 Å². The molecule has 0 unspecified atom stereocenters. The Balaban J connectivity index is 2.11. The van der Waals surface area contributed by atoms with E-state index in [2.05, 4.69) is 15.0 Å². The molecule has 2 aromatic rings. The predicted octanol–water partition coefficient (Wildman–Crippen LogP) is -0.348. The van der Waals surface area contributed by atoms with Gasteiger partial charge in [-0.25, -0.2) is 15.0 Å². The first-order valence-corrected chi connectivity index (χ1v) is 6.74. The number of halogens is 1. The van der Waals surface area contributed by atoms with Gasteiger partial charge in [0.25, 0.3) is 0 Å². The number of aliphatic hydroxyl groups excluding tert-OH is 2. The molecule has 1 aliphatic rings. The van der Waals surface area contributed by atoms with E-state index in [0.29, 0.717) is 15.0 Å². The van der Waals surface area contributed by atoms with Crippen molar-refractivity contribution in [3.05, 3.63) is 10.2 Å². The van der Waals surface area contributed by atoms with Crippen molar-refractivity contribution in [1.29, 1.82) is 0 Å². The van der Waals surface area contributed by atoms with Crippen LogP contribution in [0.5, 0.6) is 0 Å². The van der Waals surface area contributed by atoms with E-state index in [1.165, 1.54) is 6.33 Å². The molecular formula is C10H12IN5O3. The topological polar surface area (TPSA) is 119 Å². The van der Waals surface area contributed by atoms with E-state index in [4.69, 9.17) is 10.5 Å². The molecule has 0 aromatic carbocycles. The zero-order chi connectivity index (χ0) is 13.7. The highest BCUT2D eigenvalue weighted by atomic mass is 127. The molecule has 3 rings (SSSR count). The van der Waals surface area contributed by atoms with Crippen LogP contribution in [0.25, 0.3) is 11.2 Å². The second-order valence-corrected chi connectivity index (χ2v) is 5.38. The highest BCUT2D eigenvalue weighted by Crippen LogP contribution is 2.31. The lowest BCUT2D eigenvalue weighted by Crippen LogP contribution is -2.30. The number of nitrogens with two attached hydrogens (primary N) is 1. The predicted molar refractivity (Wildman–Crippen MR) is 74.1 cm³/mol. The summed E-state index contributed by atoms with van der Waals surface area (Å²) in [6.07, 6.45) is -1.71. The van der Waals surface area contributed by atoms with Gasteiger partial charge in [0.2, 0.25) is 0 Å². The molecule has 1 aliphatic heterocycles. The van der Waals surface area contributed by atoms with Gasteiger partial charge in [-0.1, -0.05) is 0 Å². The number of rotatable bonds is 1. The van der Waals surface area contributed by atoms with Crippen LogP contribution < -0.4 is 5.73 Å². The van der Waals surface area contributed by atoms with Crippen molar-refractivity contribution in [2.45, 2.75) is 31.5 Å². The van der Waals surface area contributed by atoms with E-state index in [1.807, 2.05) is 22.6 Å². The summed E-state index contributed by atoms with van der Waals surface area (Å²) in [7, 11) is 0. The Hall–Kier alpha value is -1.04. The number of nitrogens with zero attached hydrogens (tertiary/aromatic N) is 4. The maximum Gasteiger partial charge on any atom is 0.194 e. The van der Waals surface area contributed by atoms with Gasteiger partial charge in [-0.2, -0.15) is 0 Å². The molecule has 8 nitrogen and oxygen atoms in total. The van der Waals surface area contributed by atoms with Crippen LogP contribution in [0.4, 0.5) is 5.82 Å². The van der Waals surface area contributed by atoms with Crippen molar-refractivity contribution in [2.75, 3.05) is 5.73 Å². The van der Waals surface area contributed by atoms with E-state index in [1.54, 1.807) is 11.5 Å². The number of anilines is 1. The molecule has 4 atom stereocenters. The lowest BCUT2D eigenvalue weighted by molar-refractivity contribution is -0.0299. The number of aliphatic hydroxyl groups is 2. The molecule has 19 heavy (non-hydrogen) atoms. The largest absolute Gasteiger partial charge is 0.388 e. The third-order valence-corrected chi connectivity index (χ3v) is 3.65. The molecule has 1 saturated heterocycles. The monoisotopic (exact) mass is 377 g/mol. The van der Waals surface area contributed by atoms with Crippen molar-refractivity contribution in [3.63, 3.8) is 0 Å². The van der Waals surface area contributed by atoms with Crippen LogP contribution in [0.3, 0.4) is 0 Å². The molecular weight excluding hydrogens is 365 g/mol. The number of fused-ring (bicyclic) bond motifs is 1. The number of hydrogen-bond donors (Lipinski definition) is 3. The van der Waals surface area contributed by atoms with Gasteiger partial charge < -0.3 is 20.7 Å². The Morgan fingerprint density at radius 3 is 2.74 bits per heavy atom. The minimum atomic E-state index is -1.04. The van der Waals surface area contributed by atoms with Crippen molar-refractivity contribution in [2.24, 2.45) is 0 Å². The summed E-state index contributed by atoms with van der Waals surface area (Å²) in [6.45, 7) is 1.69. The van der Waals surface area contributed by atoms with E-state index in [9.17, 15) is 10.2 Å². The highest BCUT2D eigenvalue weighted by Gasteiger charge is 2.42. The summed E-state index contributed by atoms with van der Waals surface area (Å²) in [5.41, 5.74) is 6.70. The standard InChI is InChI=1S/C10H12IN5O3/c1-3-5(17)6(18)9(19-3)16-2-13-4-7(12)14-10(11)15-8(4)16/h2-3,5-6,9,17-18H,1H3,(H2,12,14,15)/t3-,5-,6-,9-/m1/s1. The third-order valence-electron chi connectivity index (χ3n) is 3.17. The number of hydrogen-bond acceptors (Lipinski definition) is 7. The molecule has 1 fully saturated rings. The average Bonchev–Trinajstić information content (AvgIpc) is 2.86. The molecule has 0 amide bonds. The fourth-order valence-electron chi connectivity index (χ4n) is 2.15. The molecule has 0 saturated carbocycles. The Bertz CT molecular complexity index is 633. The molecule has 0 spiro atoms. The van der Waals surface area contributed by atoms with Crippen LogP contribution in [0, 0.1) is 3.83 Å². The Morgan fingerprint density at radius 1 is 1.37 bits per heavy atom. The van der Waals surface area contributed by atoms with Gasteiger partial charge in [0.1, 0.15) is 17.7 Å². The van der Waals surface area contributed by atoms with Crippen LogP contribution in [-0.2, 0) is 4.74 Å². The van der Waals surface area contributed by atoms with Gasteiger partial charge in [0.15, 0.2) is 21.5 Å². The number of nitrogen functional groups attached to an aromatic ring is 1. The van der Waals surface area contributed by atoms with E-state index in [-0.39, 0.29) is 5.82 Å². The Labute approximate surface area is 121 Å². The highest BCUT2D eigenvalue weighted by molar-refractivity contribution is 14.1. The first-order chi connectivity index (χ1) is 8.99. The summed E-state index contributed by atoms with van der Waals surface area (Å²) in [5, 5.41) is 19.7. The lowest BCUT2D eigenvalue weighted by atomic mass is 10.1. The quantitative estimate of drug-likeness (QED) is 0.459. The van der Waals surface area contributed by atoms with E-state index in [0.717, 1.165) is 0 Å². The van der Waals surface area contributed by atoms with Crippen LogP contribution in [-0.4, -0.2) is 48.0 Å². The van der Waals surface area contributed by atoms with Gasteiger partial charge in [0.05, 0.1) is 12.4 Å². The van der Waals surface area contributed by atoms with Gasteiger partial charge >= 0.3 is 0 Å². The zero-order valence-corrected chi connectivity index (χ0v) is 12.1. The minimum absolute atomic E-state index is 0.272. The van der Waals surface area contributed by atoms with Crippen LogP contribution >= 0.6 is 22.6 Å². The Morgan fingerprint density at radius 2 is 2.11 bits per heavy atom. The molecule has 9 heteroatoms. The normalized spacial score (nSPS) is 31.2. The summed E-state index contributed by atoms with van der Waals surface area (Å²) >= 11 is 1.95.